The minimum absolute atomic E-state index is 0.121. The van der Waals surface area contributed by atoms with Crippen LogP contribution in [0.25, 0.3) is 0 Å². The van der Waals surface area contributed by atoms with Gasteiger partial charge in [0.05, 0.1) is 0 Å². The lowest BCUT2D eigenvalue weighted by atomic mass is 10.1. The van der Waals surface area contributed by atoms with Crippen molar-refractivity contribution >= 4 is 17.9 Å². The quantitative estimate of drug-likeness (QED) is 0.0264. The van der Waals surface area contributed by atoms with Gasteiger partial charge in [0.2, 0.25) is 0 Å². The molecule has 0 aromatic heterocycles. The minimum Gasteiger partial charge on any atom is -0.462 e. The Balaban J connectivity index is 4.55. The summed E-state index contributed by atoms with van der Waals surface area (Å²) in [6.45, 7) is 6.26. The average molecular weight is 843 g/mol. The Morgan fingerprint density at radius 1 is 0.344 bits per heavy atom. The summed E-state index contributed by atoms with van der Waals surface area (Å²) in [5, 5.41) is 0. The van der Waals surface area contributed by atoms with E-state index in [1.54, 1.807) is 0 Å². The summed E-state index contributed by atoms with van der Waals surface area (Å²) in [5.41, 5.74) is 0. The molecule has 0 aliphatic rings. The molecule has 0 aliphatic carbocycles. The highest BCUT2D eigenvalue weighted by atomic mass is 16.6. The largest absolute Gasteiger partial charge is 0.462 e. The summed E-state index contributed by atoms with van der Waals surface area (Å²) in [6.07, 6.45) is 66.3. The number of carbonyl (C=O) groups is 3. The molecule has 0 heterocycles. The van der Waals surface area contributed by atoms with Crippen molar-refractivity contribution in [1.29, 1.82) is 0 Å². The molecule has 6 nitrogen and oxygen atoms in total. The van der Waals surface area contributed by atoms with Crippen LogP contribution >= 0.6 is 0 Å². The number of rotatable bonds is 41. The molecule has 1 unspecified atom stereocenters. The summed E-state index contributed by atoms with van der Waals surface area (Å²) >= 11 is 0. The van der Waals surface area contributed by atoms with Gasteiger partial charge in [-0.05, 0) is 96.3 Å². The molecule has 0 amide bonds. The SMILES string of the molecule is CC/C=C\C/C=C\C/C=C\C/C=C\C/C=C\C/C=C\CCC(=O)OCC(COC(=O)CCCCCCCCCCC)OC(=O)CCCC/C=C\C/C=C\C/C=C\C/C=C\CC. The highest BCUT2D eigenvalue weighted by Crippen LogP contribution is 2.12. The lowest BCUT2D eigenvalue weighted by Crippen LogP contribution is -2.30. The van der Waals surface area contributed by atoms with Gasteiger partial charge in [-0.3, -0.25) is 14.4 Å². The van der Waals surface area contributed by atoms with Crippen LogP contribution in [-0.2, 0) is 28.6 Å². The van der Waals surface area contributed by atoms with E-state index in [1.807, 2.05) is 12.2 Å². The molecule has 0 aliphatic heterocycles. The van der Waals surface area contributed by atoms with Crippen LogP contribution in [0.1, 0.15) is 188 Å². The van der Waals surface area contributed by atoms with Crippen LogP contribution in [0, 0.1) is 0 Å². The van der Waals surface area contributed by atoms with E-state index < -0.39 is 6.10 Å². The van der Waals surface area contributed by atoms with Crippen LogP contribution in [0.5, 0.6) is 0 Å². The first kappa shape index (κ1) is 56.8. The van der Waals surface area contributed by atoms with E-state index in [0.717, 1.165) is 96.3 Å². The molecular formula is C55H86O6. The summed E-state index contributed by atoms with van der Waals surface area (Å²) in [5.74, 6) is -1.07. The minimum atomic E-state index is -0.830. The molecule has 6 heteroatoms. The van der Waals surface area contributed by atoms with Crippen LogP contribution < -0.4 is 0 Å². The normalized spacial score (nSPS) is 13.2. The zero-order valence-electron chi connectivity index (χ0n) is 38.9. The van der Waals surface area contributed by atoms with Crippen molar-refractivity contribution < 1.29 is 28.6 Å². The molecule has 0 saturated heterocycles. The van der Waals surface area contributed by atoms with Crippen molar-refractivity contribution in [3.63, 3.8) is 0 Å². The van der Waals surface area contributed by atoms with Gasteiger partial charge >= 0.3 is 17.9 Å². The molecule has 0 radical (unpaired) electrons. The second kappa shape index (κ2) is 48.5. The van der Waals surface area contributed by atoms with E-state index in [0.29, 0.717) is 19.3 Å². The third kappa shape index (κ3) is 46.7. The zero-order valence-corrected chi connectivity index (χ0v) is 38.9. The van der Waals surface area contributed by atoms with Gasteiger partial charge in [-0.15, -0.1) is 0 Å². The van der Waals surface area contributed by atoms with Gasteiger partial charge in [-0.1, -0.05) is 194 Å². The fraction of sp³-hybridized carbons (Fsp3) is 0.582. The molecule has 1 atom stereocenters. The number of hydrogen-bond acceptors (Lipinski definition) is 6. The van der Waals surface area contributed by atoms with E-state index in [1.165, 1.54) is 38.5 Å². The van der Waals surface area contributed by atoms with E-state index in [4.69, 9.17) is 14.2 Å². The van der Waals surface area contributed by atoms with Gasteiger partial charge in [0, 0.05) is 19.3 Å². The first-order valence-corrected chi connectivity index (χ1v) is 24.0. The fourth-order valence-electron chi connectivity index (χ4n) is 5.93. The van der Waals surface area contributed by atoms with Gasteiger partial charge in [-0.2, -0.15) is 0 Å². The maximum absolute atomic E-state index is 12.7. The number of esters is 3. The smallest absolute Gasteiger partial charge is 0.306 e. The maximum Gasteiger partial charge on any atom is 0.306 e. The molecule has 342 valence electrons. The molecule has 0 spiro atoms. The van der Waals surface area contributed by atoms with Crippen molar-refractivity contribution in [2.24, 2.45) is 0 Å². The van der Waals surface area contributed by atoms with Gasteiger partial charge in [0.1, 0.15) is 13.2 Å². The van der Waals surface area contributed by atoms with E-state index in [-0.39, 0.29) is 44.0 Å². The molecule has 0 aromatic rings. The lowest BCUT2D eigenvalue weighted by Gasteiger charge is -2.18. The molecule has 0 rings (SSSR count). The highest BCUT2D eigenvalue weighted by molar-refractivity contribution is 5.71. The van der Waals surface area contributed by atoms with Gasteiger partial charge < -0.3 is 14.2 Å². The predicted molar refractivity (Wildman–Crippen MR) is 260 cm³/mol. The van der Waals surface area contributed by atoms with Gasteiger partial charge in [0.25, 0.3) is 0 Å². The Morgan fingerprint density at radius 2 is 0.672 bits per heavy atom. The number of carbonyl (C=O) groups excluding carboxylic acids is 3. The molecule has 0 saturated carbocycles. The van der Waals surface area contributed by atoms with Gasteiger partial charge in [0.15, 0.2) is 6.10 Å². The van der Waals surface area contributed by atoms with Crippen molar-refractivity contribution in [3.8, 4) is 0 Å². The Morgan fingerprint density at radius 3 is 1.10 bits per heavy atom. The van der Waals surface area contributed by atoms with Gasteiger partial charge in [-0.25, -0.2) is 0 Å². The van der Waals surface area contributed by atoms with E-state index in [2.05, 4.69) is 130 Å². The fourth-order valence-corrected chi connectivity index (χ4v) is 5.93. The topological polar surface area (TPSA) is 78.9 Å². The first-order valence-electron chi connectivity index (χ1n) is 24.0. The summed E-state index contributed by atoms with van der Waals surface area (Å²) in [7, 11) is 0. The van der Waals surface area contributed by atoms with Crippen LogP contribution in [0.15, 0.2) is 122 Å². The van der Waals surface area contributed by atoms with Crippen LogP contribution in [0.3, 0.4) is 0 Å². The molecule has 0 bridgehead atoms. The van der Waals surface area contributed by atoms with E-state index >= 15 is 0 Å². The predicted octanol–water partition coefficient (Wildman–Crippen LogP) is 15.7. The Bertz CT molecular complexity index is 1340. The lowest BCUT2D eigenvalue weighted by molar-refractivity contribution is -0.166. The molecular weight excluding hydrogens is 757 g/mol. The van der Waals surface area contributed by atoms with Crippen molar-refractivity contribution in [1.82, 2.24) is 0 Å². The first-order chi connectivity index (χ1) is 30.0. The zero-order chi connectivity index (χ0) is 44.4. The second-order valence-electron chi connectivity index (χ2n) is 15.3. The number of unbranched alkanes of at least 4 members (excludes halogenated alkanes) is 10. The number of ether oxygens (including phenoxy) is 3. The highest BCUT2D eigenvalue weighted by Gasteiger charge is 2.19. The van der Waals surface area contributed by atoms with Crippen LogP contribution in [-0.4, -0.2) is 37.2 Å². The second-order valence-corrected chi connectivity index (χ2v) is 15.3. The number of allylic oxidation sites excluding steroid dienone is 20. The number of hydrogen-bond donors (Lipinski definition) is 0. The molecule has 0 N–H and O–H groups in total. The summed E-state index contributed by atoms with van der Waals surface area (Å²) < 4.78 is 16.6. The van der Waals surface area contributed by atoms with Crippen molar-refractivity contribution in [2.45, 2.75) is 194 Å². The Kier molecular flexibility index (Phi) is 45.1. The standard InChI is InChI=1S/C55H86O6/c1-4-7-10-13-16-19-21-23-25-26-27-28-30-31-33-36-39-42-45-48-54(57)60-51-52(50-59-53(56)47-44-41-38-35-18-15-12-9-6-3)61-55(58)49-46-43-40-37-34-32-29-24-22-20-17-14-11-8-5-2/h7-8,10-11,16-17,19-20,23-25,27-29,31,33-34,37,39,42,52H,4-6,9,12-15,18,21-22,26,30,32,35-36,38,40-41,43-51H2,1-3H3/b10-7-,11-8-,19-16-,20-17-,25-23-,28-27-,29-24-,33-31-,37-34-,42-39-. The average Bonchev–Trinajstić information content (AvgIpc) is 3.26. The van der Waals surface area contributed by atoms with Crippen LogP contribution in [0.4, 0.5) is 0 Å². The molecule has 0 aromatic carbocycles. The third-order valence-corrected chi connectivity index (χ3v) is 9.48. The van der Waals surface area contributed by atoms with Crippen molar-refractivity contribution in [3.05, 3.63) is 122 Å². The van der Waals surface area contributed by atoms with Crippen molar-refractivity contribution in [2.75, 3.05) is 13.2 Å². The maximum atomic E-state index is 12.7. The molecule has 61 heavy (non-hydrogen) atoms. The van der Waals surface area contributed by atoms with E-state index in [9.17, 15) is 14.4 Å². The monoisotopic (exact) mass is 843 g/mol. The molecule has 0 fully saturated rings. The summed E-state index contributed by atoms with van der Waals surface area (Å²) in [6, 6.07) is 0. The third-order valence-electron chi connectivity index (χ3n) is 9.48. The Labute approximate surface area is 373 Å². The van der Waals surface area contributed by atoms with Crippen LogP contribution in [0.2, 0.25) is 0 Å². The Hall–Kier alpha value is -4.19. The summed E-state index contributed by atoms with van der Waals surface area (Å²) in [4.78, 5) is 37.8.